The quantitative estimate of drug-likeness (QED) is 0.456. The van der Waals surface area contributed by atoms with E-state index >= 15 is 0 Å². The summed E-state index contributed by atoms with van der Waals surface area (Å²) in [7, 11) is 0. The monoisotopic (exact) mass is 445 g/mol. The summed E-state index contributed by atoms with van der Waals surface area (Å²) in [6, 6.07) is 11.6. The number of carbonyl (C=O) groups excluding carboxylic acids is 1. The van der Waals surface area contributed by atoms with Crippen molar-refractivity contribution in [3.05, 3.63) is 75.2 Å². The zero-order valence-electron chi connectivity index (χ0n) is 17.7. The number of amides is 1. The van der Waals surface area contributed by atoms with E-state index in [1.165, 1.54) is 17.7 Å². The van der Waals surface area contributed by atoms with E-state index in [9.17, 15) is 9.59 Å². The van der Waals surface area contributed by atoms with Crippen LogP contribution in [0.5, 0.6) is 0 Å². The van der Waals surface area contributed by atoms with E-state index in [1.54, 1.807) is 4.52 Å². The van der Waals surface area contributed by atoms with Crippen LogP contribution in [0.15, 0.2) is 47.5 Å². The highest BCUT2D eigenvalue weighted by molar-refractivity contribution is 7.19. The summed E-state index contributed by atoms with van der Waals surface area (Å²) in [5.41, 5.74) is 5.75. The third-order valence-corrected chi connectivity index (χ3v) is 6.09. The molecule has 0 saturated heterocycles. The molecule has 9 nitrogen and oxygen atoms in total. The first-order valence-electron chi connectivity index (χ1n) is 9.96. The number of aryl methyl sites for hydroxylation is 3. The van der Waals surface area contributed by atoms with Crippen molar-refractivity contribution in [1.82, 2.24) is 29.2 Å². The Labute approximate surface area is 186 Å². The molecule has 0 fully saturated rings. The van der Waals surface area contributed by atoms with Crippen molar-refractivity contribution in [2.24, 2.45) is 0 Å². The van der Waals surface area contributed by atoms with E-state index < -0.39 is 5.91 Å². The average molecular weight is 446 g/mol. The van der Waals surface area contributed by atoms with E-state index in [2.05, 4.69) is 25.5 Å². The van der Waals surface area contributed by atoms with Crippen LogP contribution in [0.2, 0.25) is 0 Å². The Bertz CT molecular complexity index is 1550. The van der Waals surface area contributed by atoms with Crippen LogP contribution in [-0.2, 0) is 11.2 Å². The van der Waals surface area contributed by atoms with E-state index in [-0.39, 0.29) is 12.0 Å². The number of carbonyl (C=O) groups is 1. The molecule has 160 valence electrons. The Kier molecular flexibility index (Phi) is 4.78. The van der Waals surface area contributed by atoms with Crippen LogP contribution in [0, 0.1) is 20.8 Å². The molecule has 1 N–H and O–H groups in total. The van der Waals surface area contributed by atoms with Gasteiger partial charge in [0.25, 0.3) is 11.3 Å². The van der Waals surface area contributed by atoms with Crippen LogP contribution in [0.4, 0.5) is 0 Å². The molecule has 32 heavy (non-hydrogen) atoms. The van der Waals surface area contributed by atoms with Crippen molar-refractivity contribution in [2.45, 2.75) is 27.2 Å². The maximum Gasteiger partial charge on any atom is 0.281 e. The van der Waals surface area contributed by atoms with Gasteiger partial charge in [0.05, 0.1) is 11.8 Å². The lowest BCUT2D eigenvalue weighted by Gasteiger charge is -2.07. The Balaban J connectivity index is 1.47. The van der Waals surface area contributed by atoms with E-state index in [0.717, 1.165) is 32.1 Å². The first kappa shape index (κ1) is 20.0. The number of thiophene rings is 1. The Morgan fingerprint density at radius 2 is 1.91 bits per heavy atom. The highest BCUT2D eigenvalue weighted by Gasteiger charge is 2.18. The van der Waals surface area contributed by atoms with Gasteiger partial charge in [0, 0.05) is 21.8 Å². The SMILES string of the molecule is Cc1cc(C)n2nc(CC(=O)Nn3cnc4sc(C)c(-c5ccccc5)c4c3=O)nc2n1. The molecular formula is C22H19N7O2S. The fourth-order valence-corrected chi connectivity index (χ4v) is 4.74. The number of aromatic nitrogens is 6. The van der Waals surface area contributed by atoms with Crippen LogP contribution >= 0.6 is 11.3 Å². The molecule has 10 heteroatoms. The van der Waals surface area contributed by atoms with Crippen molar-refractivity contribution in [3.8, 4) is 11.1 Å². The number of hydrogen-bond donors (Lipinski definition) is 1. The van der Waals surface area contributed by atoms with Gasteiger partial charge in [-0.2, -0.15) is 4.98 Å². The Morgan fingerprint density at radius 1 is 1.12 bits per heavy atom. The largest absolute Gasteiger partial charge is 0.281 e. The van der Waals surface area contributed by atoms with Gasteiger partial charge in [0.2, 0.25) is 5.91 Å². The maximum atomic E-state index is 13.2. The molecule has 0 spiro atoms. The van der Waals surface area contributed by atoms with Crippen molar-refractivity contribution >= 4 is 33.2 Å². The minimum atomic E-state index is -0.424. The fourth-order valence-electron chi connectivity index (χ4n) is 3.73. The Morgan fingerprint density at radius 3 is 2.69 bits per heavy atom. The molecule has 0 aliphatic carbocycles. The van der Waals surface area contributed by atoms with Gasteiger partial charge in [0.1, 0.15) is 11.2 Å². The molecular weight excluding hydrogens is 426 g/mol. The van der Waals surface area contributed by atoms with Crippen molar-refractivity contribution in [1.29, 1.82) is 0 Å². The van der Waals surface area contributed by atoms with Crippen molar-refractivity contribution in [3.63, 3.8) is 0 Å². The number of hydrogen-bond acceptors (Lipinski definition) is 7. The third-order valence-electron chi connectivity index (χ3n) is 5.08. The van der Waals surface area contributed by atoms with Crippen LogP contribution in [0.3, 0.4) is 0 Å². The van der Waals surface area contributed by atoms with Gasteiger partial charge in [-0.25, -0.2) is 19.2 Å². The molecule has 4 heterocycles. The van der Waals surface area contributed by atoms with Gasteiger partial charge in [-0.15, -0.1) is 16.4 Å². The molecule has 1 amide bonds. The van der Waals surface area contributed by atoms with Crippen LogP contribution < -0.4 is 11.0 Å². The molecule has 0 unspecified atom stereocenters. The number of rotatable bonds is 4. The molecule has 0 radical (unpaired) electrons. The minimum absolute atomic E-state index is 0.0967. The molecule has 5 rings (SSSR count). The summed E-state index contributed by atoms with van der Waals surface area (Å²) in [5.74, 6) is 0.334. The second-order valence-electron chi connectivity index (χ2n) is 7.49. The highest BCUT2D eigenvalue weighted by atomic mass is 32.1. The molecule has 0 bridgehead atoms. The molecule has 4 aromatic heterocycles. The van der Waals surface area contributed by atoms with Crippen molar-refractivity contribution < 1.29 is 4.79 Å². The second-order valence-corrected chi connectivity index (χ2v) is 8.69. The number of fused-ring (bicyclic) bond motifs is 2. The van der Waals surface area contributed by atoms with Gasteiger partial charge in [-0.3, -0.25) is 15.0 Å². The van der Waals surface area contributed by atoms with Crippen molar-refractivity contribution in [2.75, 3.05) is 5.43 Å². The zero-order valence-corrected chi connectivity index (χ0v) is 18.5. The molecule has 0 aliphatic heterocycles. The fraction of sp³-hybridized carbons (Fsp3) is 0.182. The lowest BCUT2D eigenvalue weighted by Crippen LogP contribution is -2.34. The van der Waals surface area contributed by atoms with E-state index in [4.69, 9.17) is 0 Å². The molecule has 0 saturated carbocycles. The number of nitrogens with zero attached hydrogens (tertiary/aromatic N) is 6. The highest BCUT2D eigenvalue weighted by Crippen LogP contribution is 2.35. The van der Waals surface area contributed by atoms with Crippen LogP contribution in [-0.4, -0.2) is 35.1 Å². The second kappa shape index (κ2) is 7.65. The molecule has 0 atom stereocenters. The van der Waals surface area contributed by atoms with Crippen LogP contribution in [0.25, 0.3) is 27.1 Å². The zero-order chi connectivity index (χ0) is 22.4. The van der Waals surface area contributed by atoms with Gasteiger partial charge in [0.15, 0.2) is 5.82 Å². The summed E-state index contributed by atoms with van der Waals surface area (Å²) in [5, 5.41) is 4.83. The number of benzene rings is 1. The molecule has 5 aromatic rings. The maximum absolute atomic E-state index is 13.2. The summed E-state index contributed by atoms with van der Waals surface area (Å²) >= 11 is 1.46. The van der Waals surface area contributed by atoms with E-state index in [1.807, 2.05) is 57.2 Å². The van der Waals surface area contributed by atoms with Gasteiger partial charge >= 0.3 is 0 Å². The summed E-state index contributed by atoms with van der Waals surface area (Å²) in [6.45, 7) is 5.73. The average Bonchev–Trinajstić information content (AvgIpc) is 3.31. The van der Waals surface area contributed by atoms with Gasteiger partial charge in [-0.05, 0) is 32.4 Å². The van der Waals surface area contributed by atoms with Gasteiger partial charge in [-0.1, -0.05) is 30.3 Å². The standard InChI is InChI=1S/C22H19N7O2S/c1-12-9-13(2)29-22(24-12)25-16(26-29)10-17(30)27-28-11-23-20-19(21(28)31)18(14(3)32-20)15-7-5-4-6-8-15/h4-9,11H,10H2,1-3H3,(H,27,30). The predicted molar refractivity (Wildman–Crippen MR) is 122 cm³/mol. The molecule has 0 aliphatic rings. The smallest absolute Gasteiger partial charge is 0.273 e. The third kappa shape index (κ3) is 3.44. The summed E-state index contributed by atoms with van der Waals surface area (Å²) < 4.78 is 2.71. The lowest BCUT2D eigenvalue weighted by atomic mass is 10.0. The Hall–Kier alpha value is -3.92. The first-order chi connectivity index (χ1) is 15.4. The molecule has 1 aromatic carbocycles. The minimum Gasteiger partial charge on any atom is -0.273 e. The lowest BCUT2D eigenvalue weighted by molar-refractivity contribution is -0.116. The first-order valence-corrected chi connectivity index (χ1v) is 10.8. The van der Waals surface area contributed by atoms with Gasteiger partial charge < -0.3 is 0 Å². The van der Waals surface area contributed by atoms with E-state index in [0.29, 0.717) is 21.8 Å². The summed E-state index contributed by atoms with van der Waals surface area (Å²) in [6.07, 6.45) is 1.24. The normalized spacial score (nSPS) is 11.3. The topological polar surface area (TPSA) is 107 Å². The predicted octanol–water partition coefficient (Wildman–Crippen LogP) is 2.80. The van der Waals surface area contributed by atoms with Crippen LogP contribution in [0.1, 0.15) is 22.1 Å². The summed E-state index contributed by atoms with van der Waals surface area (Å²) in [4.78, 5) is 40.5. The number of nitrogens with one attached hydrogen (secondary N) is 1.